The number of halogens is 3. The van der Waals surface area contributed by atoms with E-state index in [4.69, 9.17) is 27.9 Å². The van der Waals surface area contributed by atoms with Gasteiger partial charge in [0.15, 0.2) is 0 Å². The molecule has 0 saturated carbocycles. The van der Waals surface area contributed by atoms with Gasteiger partial charge < -0.3 is 10.1 Å². The van der Waals surface area contributed by atoms with Gasteiger partial charge in [-0.3, -0.25) is 0 Å². The van der Waals surface area contributed by atoms with E-state index in [1.54, 1.807) is 36.4 Å². The molecule has 1 saturated heterocycles. The van der Waals surface area contributed by atoms with E-state index in [-0.39, 0.29) is 35.9 Å². The molecule has 1 aliphatic heterocycles. The Kier molecular flexibility index (Phi) is 8.37. The molecule has 5 nitrogen and oxygen atoms in total. The summed E-state index contributed by atoms with van der Waals surface area (Å²) in [6.07, 6.45) is -0.319. The topological polar surface area (TPSA) is 67.4 Å². The Balaban J connectivity index is 0.00000261. The van der Waals surface area contributed by atoms with Crippen molar-refractivity contribution in [3.05, 3.63) is 64.1 Å². The van der Waals surface area contributed by atoms with Crippen LogP contribution in [0.15, 0.2) is 53.4 Å². The zero-order valence-electron chi connectivity index (χ0n) is 14.4. The van der Waals surface area contributed by atoms with E-state index in [0.717, 1.165) is 5.56 Å². The number of hydrogen-bond acceptors (Lipinski definition) is 4. The molecule has 9 heteroatoms. The van der Waals surface area contributed by atoms with Crippen LogP contribution in [0.4, 0.5) is 0 Å². The van der Waals surface area contributed by atoms with Crippen molar-refractivity contribution in [1.82, 2.24) is 10.0 Å². The number of hydrogen-bond donors (Lipinski definition) is 2. The van der Waals surface area contributed by atoms with E-state index in [0.29, 0.717) is 29.7 Å². The molecule has 0 aromatic heterocycles. The first-order valence-corrected chi connectivity index (χ1v) is 10.5. The van der Waals surface area contributed by atoms with Crippen LogP contribution in [0.25, 0.3) is 0 Å². The van der Waals surface area contributed by atoms with Crippen LogP contribution in [0.5, 0.6) is 0 Å². The van der Waals surface area contributed by atoms with Gasteiger partial charge in [0.2, 0.25) is 10.0 Å². The molecule has 2 unspecified atom stereocenters. The van der Waals surface area contributed by atoms with Gasteiger partial charge in [0.25, 0.3) is 0 Å². The predicted molar refractivity (Wildman–Crippen MR) is 111 cm³/mol. The number of ether oxygens (including phenoxy) is 1. The number of benzene rings is 2. The molecule has 0 amide bonds. The van der Waals surface area contributed by atoms with Crippen molar-refractivity contribution in [3.8, 4) is 0 Å². The summed E-state index contributed by atoms with van der Waals surface area (Å²) in [5.74, 6) is -0.0502. The summed E-state index contributed by atoms with van der Waals surface area (Å²) < 4.78 is 33.5. The normalized spacial score (nSPS) is 20.5. The third-order valence-corrected chi connectivity index (χ3v) is 6.50. The average Bonchev–Trinajstić information content (AvgIpc) is 2.89. The summed E-state index contributed by atoms with van der Waals surface area (Å²) in [7, 11) is -3.59. The van der Waals surface area contributed by atoms with Gasteiger partial charge in [-0.1, -0.05) is 47.5 Å². The Morgan fingerprint density at radius 1 is 1.11 bits per heavy atom. The van der Waals surface area contributed by atoms with Crippen molar-refractivity contribution in [2.75, 3.05) is 26.2 Å². The maximum Gasteiger partial charge on any atom is 0.240 e. The van der Waals surface area contributed by atoms with Crippen LogP contribution in [-0.2, 0) is 14.8 Å². The van der Waals surface area contributed by atoms with E-state index in [2.05, 4.69) is 10.0 Å². The van der Waals surface area contributed by atoms with Crippen LogP contribution in [0.3, 0.4) is 0 Å². The van der Waals surface area contributed by atoms with Crippen LogP contribution in [-0.4, -0.2) is 40.8 Å². The smallest absolute Gasteiger partial charge is 0.240 e. The highest BCUT2D eigenvalue weighted by molar-refractivity contribution is 7.89. The lowest BCUT2D eigenvalue weighted by Gasteiger charge is -2.25. The minimum atomic E-state index is -3.59. The monoisotopic (exact) mass is 450 g/mol. The molecule has 0 aliphatic carbocycles. The van der Waals surface area contributed by atoms with Crippen molar-refractivity contribution < 1.29 is 13.2 Å². The fourth-order valence-corrected chi connectivity index (χ4v) is 4.31. The highest BCUT2D eigenvalue weighted by Crippen LogP contribution is 2.29. The molecule has 0 bridgehead atoms. The Bertz CT molecular complexity index is 850. The van der Waals surface area contributed by atoms with Crippen molar-refractivity contribution in [3.63, 3.8) is 0 Å². The van der Waals surface area contributed by atoms with Crippen molar-refractivity contribution >= 4 is 45.6 Å². The lowest BCUT2D eigenvalue weighted by Crippen LogP contribution is -2.38. The van der Waals surface area contributed by atoms with E-state index < -0.39 is 10.0 Å². The Morgan fingerprint density at radius 2 is 1.85 bits per heavy atom. The molecule has 2 aromatic rings. The molecule has 27 heavy (non-hydrogen) atoms. The maximum absolute atomic E-state index is 12.5. The minimum Gasteiger partial charge on any atom is -0.375 e. The zero-order valence-corrected chi connectivity index (χ0v) is 17.5. The lowest BCUT2D eigenvalue weighted by atomic mass is 9.93. The highest BCUT2D eigenvalue weighted by Gasteiger charge is 2.28. The van der Waals surface area contributed by atoms with Crippen LogP contribution in [0.2, 0.25) is 10.0 Å². The predicted octanol–water partition coefficient (Wildman–Crippen LogP) is 3.47. The fraction of sp³-hybridized carbons (Fsp3) is 0.333. The summed E-state index contributed by atoms with van der Waals surface area (Å²) in [5.41, 5.74) is 0.956. The molecule has 1 fully saturated rings. The second-order valence-electron chi connectivity index (χ2n) is 6.06. The molecule has 1 heterocycles. The third-order valence-electron chi connectivity index (χ3n) is 4.32. The zero-order chi connectivity index (χ0) is 18.6. The van der Waals surface area contributed by atoms with E-state index in [1.807, 2.05) is 12.1 Å². The molecule has 0 radical (unpaired) electrons. The molecule has 2 N–H and O–H groups in total. The molecular weight excluding hydrogens is 431 g/mol. The lowest BCUT2D eigenvalue weighted by molar-refractivity contribution is 0.0560. The van der Waals surface area contributed by atoms with Crippen LogP contribution < -0.4 is 10.0 Å². The second-order valence-corrected chi connectivity index (χ2v) is 8.64. The minimum absolute atomic E-state index is 0. The maximum atomic E-state index is 12.5. The van der Waals surface area contributed by atoms with Gasteiger partial charge in [-0.15, -0.1) is 12.4 Å². The summed E-state index contributed by atoms with van der Waals surface area (Å²) >= 11 is 12.2. The fourth-order valence-electron chi connectivity index (χ4n) is 2.94. The molecule has 2 atom stereocenters. The number of rotatable bonds is 5. The molecule has 0 spiro atoms. The molecule has 2 aromatic carbocycles. The van der Waals surface area contributed by atoms with Crippen molar-refractivity contribution in [1.29, 1.82) is 0 Å². The quantitative estimate of drug-likeness (QED) is 0.730. The standard InChI is InChI=1S/C18H20Cl2N2O3S.ClH/c19-16-7-6-13(10-17(16)20)15-11-21-8-9-25-18(15)12-22-26(23,24)14-4-2-1-3-5-14;/h1-7,10,15,18,21-22H,8-9,11-12H2;1H. The van der Waals surface area contributed by atoms with Gasteiger partial charge in [-0.05, 0) is 29.8 Å². The van der Waals surface area contributed by atoms with Gasteiger partial charge in [0.1, 0.15) is 0 Å². The number of sulfonamides is 1. The first-order valence-electron chi connectivity index (χ1n) is 8.29. The summed E-state index contributed by atoms with van der Waals surface area (Å²) in [6.45, 7) is 2.05. The average molecular weight is 452 g/mol. The van der Waals surface area contributed by atoms with Gasteiger partial charge in [0, 0.05) is 25.6 Å². The Morgan fingerprint density at radius 3 is 2.56 bits per heavy atom. The van der Waals surface area contributed by atoms with E-state index >= 15 is 0 Å². The van der Waals surface area contributed by atoms with E-state index in [9.17, 15) is 8.42 Å². The summed E-state index contributed by atoms with van der Waals surface area (Å²) in [6, 6.07) is 13.7. The van der Waals surface area contributed by atoms with Crippen LogP contribution in [0.1, 0.15) is 11.5 Å². The van der Waals surface area contributed by atoms with Gasteiger partial charge >= 0.3 is 0 Å². The largest absolute Gasteiger partial charge is 0.375 e. The highest BCUT2D eigenvalue weighted by atomic mass is 35.5. The molecule has 148 valence electrons. The Labute approximate surface area is 175 Å². The Hall–Kier alpha value is -0.860. The van der Waals surface area contributed by atoms with Gasteiger partial charge in [-0.2, -0.15) is 0 Å². The third kappa shape index (κ3) is 5.81. The second kappa shape index (κ2) is 10.1. The first-order chi connectivity index (χ1) is 12.5. The van der Waals surface area contributed by atoms with E-state index in [1.165, 1.54) is 0 Å². The molecule has 3 rings (SSSR count). The van der Waals surface area contributed by atoms with Crippen LogP contribution in [0, 0.1) is 0 Å². The van der Waals surface area contributed by atoms with Gasteiger partial charge in [0.05, 0.1) is 27.7 Å². The van der Waals surface area contributed by atoms with Crippen molar-refractivity contribution in [2.45, 2.75) is 16.9 Å². The summed E-state index contributed by atoms with van der Waals surface area (Å²) in [4.78, 5) is 0.234. The van der Waals surface area contributed by atoms with Crippen LogP contribution >= 0.6 is 35.6 Å². The molecule has 1 aliphatic rings. The molecular formula is C18H21Cl3N2O3S. The number of nitrogens with one attached hydrogen (secondary N) is 2. The van der Waals surface area contributed by atoms with Gasteiger partial charge in [-0.25, -0.2) is 13.1 Å². The van der Waals surface area contributed by atoms with Crippen molar-refractivity contribution in [2.24, 2.45) is 0 Å². The SMILES string of the molecule is Cl.O=S(=O)(NCC1OCCNCC1c1ccc(Cl)c(Cl)c1)c1ccccc1. The first kappa shape index (κ1) is 22.4. The summed E-state index contributed by atoms with van der Waals surface area (Å²) in [5, 5.41) is 4.27.